The molecule has 0 saturated heterocycles. The molecule has 3 rings (SSSR count). The molecular formula is C16H10Br2N4O2S. The number of phenolic OH excluding ortho intramolecular Hbond substituents is 1. The molecule has 126 valence electrons. The van der Waals surface area contributed by atoms with Gasteiger partial charge < -0.3 is 5.11 Å². The molecule has 0 spiro atoms. The van der Waals surface area contributed by atoms with Gasteiger partial charge in [-0.3, -0.25) is 4.79 Å². The van der Waals surface area contributed by atoms with Crippen molar-refractivity contribution in [2.24, 2.45) is 5.10 Å². The third-order valence-corrected chi connectivity index (χ3v) is 5.09. The first kappa shape index (κ1) is 17.7. The highest BCUT2D eigenvalue weighted by Crippen LogP contribution is 2.32. The van der Waals surface area contributed by atoms with Gasteiger partial charge in [0.2, 0.25) is 0 Å². The number of halogens is 2. The van der Waals surface area contributed by atoms with Crippen LogP contribution < -0.4 is 5.43 Å². The molecule has 6 nitrogen and oxygen atoms in total. The second-order valence-corrected chi connectivity index (χ2v) is 7.31. The molecule has 0 atom stereocenters. The first-order chi connectivity index (χ1) is 12.1. The topological polar surface area (TPSA) is 87.5 Å². The second kappa shape index (κ2) is 7.85. The van der Waals surface area contributed by atoms with Crippen molar-refractivity contribution in [2.45, 2.75) is 0 Å². The van der Waals surface area contributed by atoms with E-state index in [2.05, 4.69) is 52.0 Å². The Morgan fingerprint density at radius 1 is 1.20 bits per heavy atom. The van der Waals surface area contributed by atoms with Gasteiger partial charge >= 0.3 is 0 Å². The first-order valence-electron chi connectivity index (χ1n) is 6.95. The van der Waals surface area contributed by atoms with E-state index in [4.69, 9.17) is 0 Å². The molecule has 1 amide bonds. The Morgan fingerprint density at radius 2 is 1.88 bits per heavy atom. The zero-order chi connectivity index (χ0) is 17.8. The monoisotopic (exact) mass is 480 g/mol. The van der Waals surface area contributed by atoms with Crippen LogP contribution in [0.2, 0.25) is 0 Å². The summed E-state index contributed by atoms with van der Waals surface area (Å²) in [6.45, 7) is 0. The van der Waals surface area contributed by atoms with Crippen molar-refractivity contribution >= 4 is 55.5 Å². The lowest BCUT2D eigenvalue weighted by Crippen LogP contribution is -2.17. The highest BCUT2D eigenvalue weighted by atomic mass is 79.9. The normalized spacial score (nSPS) is 11.0. The van der Waals surface area contributed by atoms with Crippen LogP contribution >= 0.6 is 43.4 Å². The van der Waals surface area contributed by atoms with Crippen LogP contribution in [0.3, 0.4) is 0 Å². The average molecular weight is 482 g/mol. The van der Waals surface area contributed by atoms with E-state index in [0.717, 1.165) is 17.1 Å². The van der Waals surface area contributed by atoms with Gasteiger partial charge in [0.05, 0.1) is 15.2 Å². The average Bonchev–Trinajstić information content (AvgIpc) is 3.10. The number of carbonyl (C=O) groups excluding carboxylic acids is 1. The Bertz CT molecular complexity index is 921. The Kier molecular flexibility index (Phi) is 5.57. The largest absolute Gasteiger partial charge is 0.506 e. The molecule has 0 aliphatic rings. The second-order valence-electron chi connectivity index (χ2n) is 4.85. The van der Waals surface area contributed by atoms with E-state index in [9.17, 15) is 9.90 Å². The maximum atomic E-state index is 12.3. The molecule has 2 N–H and O–H groups in total. The number of aromatic hydroxyl groups is 1. The quantitative estimate of drug-likeness (QED) is 0.431. The molecular weight excluding hydrogens is 472 g/mol. The molecule has 1 heterocycles. The predicted octanol–water partition coefficient (Wildman–Crippen LogP) is 4.20. The highest BCUT2D eigenvalue weighted by Gasteiger charge is 2.17. The number of benzene rings is 2. The highest BCUT2D eigenvalue weighted by molar-refractivity contribution is 9.11. The molecule has 0 saturated carbocycles. The van der Waals surface area contributed by atoms with Crippen molar-refractivity contribution in [3.05, 3.63) is 61.9 Å². The number of amides is 1. The number of aromatic nitrogens is 2. The number of hydrogen-bond donors (Lipinski definition) is 2. The van der Waals surface area contributed by atoms with Gasteiger partial charge in [0.15, 0.2) is 0 Å². The number of hydrogen-bond acceptors (Lipinski definition) is 6. The van der Waals surface area contributed by atoms with Crippen LogP contribution in [-0.4, -0.2) is 26.8 Å². The molecule has 0 aliphatic carbocycles. The summed E-state index contributed by atoms with van der Waals surface area (Å²) in [4.78, 5) is 12.7. The molecule has 0 radical (unpaired) electrons. The van der Waals surface area contributed by atoms with E-state index >= 15 is 0 Å². The van der Waals surface area contributed by atoms with Crippen molar-refractivity contribution in [1.29, 1.82) is 0 Å². The van der Waals surface area contributed by atoms with E-state index < -0.39 is 0 Å². The van der Waals surface area contributed by atoms with Crippen LogP contribution in [0.15, 0.2) is 56.5 Å². The molecule has 0 fully saturated rings. The van der Waals surface area contributed by atoms with Gasteiger partial charge in [0.25, 0.3) is 5.91 Å². The summed E-state index contributed by atoms with van der Waals surface area (Å²) in [6.07, 6.45) is 1.48. The van der Waals surface area contributed by atoms with Crippen molar-refractivity contribution in [3.8, 4) is 17.0 Å². The van der Waals surface area contributed by atoms with Crippen LogP contribution in [0.4, 0.5) is 0 Å². The zero-order valence-electron chi connectivity index (χ0n) is 12.5. The molecule has 3 aromatic rings. The summed E-state index contributed by atoms with van der Waals surface area (Å²) in [7, 11) is 0. The van der Waals surface area contributed by atoms with E-state index in [0.29, 0.717) is 25.1 Å². The van der Waals surface area contributed by atoms with Gasteiger partial charge in [-0.1, -0.05) is 34.8 Å². The lowest BCUT2D eigenvalue weighted by Gasteiger charge is -2.02. The molecule has 25 heavy (non-hydrogen) atoms. The van der Waals surface area contributed by atoms with Crippen LogP contribution in [0, 0.1) is 0 Å². The number of nitrogens with one attached hydrogen (secondary N) is 1. The minimum atomic E-state index is -0.387. The predicted molar refractivity (Wildman–Crippen MR) is 104 cm³/mol. The fourth-order valence-corrected chi connectivity index (χ4v) is 3.80. The summed E-state index contributed by atoms with van der Waals surface area (Å²) >= 11 is 7.49. The number of phenols is 1. The Hall–Kier alpha value is -2.10. The summed E-state index contributed by atoms with van der Waals surface area (Å²) in [6, 6.07) is 12.7. The number of hydrazone groups is 1. The van der Waals surface area contributed by atoms with Gasteiger partial charge in [0.1, 0.15) is 16.3 Å². The lowest BCUT2D eigenvalue weighted by molar-refractivity contribution is 0.0959. The van der Waals surface area contributed by atoms with Crippen molar-refractivity contribution in [2.75, 3.05) is 0 Å². The smallest absolute Gasteiger partial charge is 0.285 e. The van der Waals surface area contributed by atoms with Crippen LogP contribution in [0.25, 0.3) is 11.3 Å². The molecule has 0 aliphatic heterocycles. The third-order valence-electron chi connectivity index (χ3n) is 3.16. The molecule has 9 heteroatoms. The maximum absolute atomic E-state index is 12.3. The van der Waals surface area contributed by atoms with E-state index in [1.165, 1.54) is 6.21 Å². The Balaban J connectivity index is 1.75. The van der Waals surface area contributed by atoms with Crippen molar-refractivity contribution < 1.29 is 9.90 Å². The third kappa shape index (κ3) is 4.12. The van der Waals surface area contributed by atoms with E-state index in [-0.39, 0.29) is 11.7 Å². The van der Waals surface area contributed by atoms with Crippen LogP contribution in [0.1, 0.15) is 15.2 Å². The number of nitrogens with zero attached hydrogens (tertiary/aromatic N) is 3. The summed E-state index contributed by atoms with van der Waals surface area (Å²) in [5.74, 6) is -0.286. The summed E-state index contributed by atoms with van der Waals surface area (Å²) in [5, 5.41) is 17.7. The van der Waals surface area contributed by atoms with E-state index in [1.807, 2.05) is 30.3 Å². The van der Waals surface area contributed by atoms with Gasteiger partial charge in [0, 0.05) is 5.56 Å². The van der Waals surface area contributed by atoms with Crippen molar-refractivity contribution in [1.82, 2.24) is 15.0 Å². The Labute approximate surface area is 164 Å². The molecule has 0 bridgehead atoms. The number of carbonyl (C=O) groups is 1. The number of rotatable bonds is 4. The van der Waals surface area contributed by atoms with Gasteiger partial charge in [-0.25, -0.2) is 5.43 Å². The van der Waals surface area contributed by atoms with Crippen LogP contribution in [-0.2, 0) is 0 Å². The van der Waals surface area contributed by atoms with Crippen LogP contribution in [0.5, 0.6) is 5.75 Å². The van der Waals surface area contributed by atoms with Gasteiger partial charge in [-0.15, -0.1) is 5.10 Å². The SMILES string of the molecule is O=C(NN=Cc1cc(Br)c(O)c(Br)c1)c1snnc1-c1ccccc1. The summed E-state index contributed by atoms with van der Waals surface area (Å²) < 4.78 is 4.90. The Morgan fingerprint density at radius 3 is 2.56 bits per heavy atom. The maximum Gasteiger partial charge on any atom is 0.285 e. The molecule has 2 aromatic carbocycles. The fourth-order valence-electron chi connectivity index (χ4n) is 2.00. The summed E-state index contributed by atoms with van der Waals surface area (Å²) in [5.41, 5.74) is 4.50. The lowest BCUT2D eigenvalue weighted by atomic mass is 10.1. The zero-order valence-corrected chi connectivity index (χ0v) is 16.5. The fraction of sp³-hybridized carbons (Fsp3) is 0. The van der Waals surface area contributed by atoms with E-state index in [1.54, 1.807) is 12.1 Å². The standard InChI is InChI=1S/C16H10Br2N4O2S/c17-11-6-9(7-12(18)14(11)23)8-19-21-16(24)15-13(20-22-25-15)10-4-2-1-3-5-10/h1-8,23H,(H,21,24). The van der Waals surface area contributed by atoms with Gasteiger partial charge in [-0.2, -0.15) is 5.10 Å². The van der Waals surface area contributed by atoms with Gasteiger partial charge in [-0.05, 0) is 61.1 Å². The minimum absolute atomic E-state index is 0.101. The first-order valence-corrected chi connectivity index (χ1v) is 9.31. The molecule has 1 aromatic heterocycles. The minimum Gasteiger partial charge on any atom is -0.506 e. The van der Waals surface area contributed by atoms with Crippen molar-refractivity contribution in [3.63, 3.8) is 0 Å². The molecule has 0 unspecified atom stereocenters.